The van der Waals surface area contributed by atoms with Crippen LogP contribution in [0, 0.1) is 23.7 Å². The first kappa shape index (κ1) is 38.0. The van der Waals surface area contributed by atoms with Crippen molar-refractivity contribution in [2.24, 2.45) is 23.7 Å². The monoisotopic (exact) mass is 775 g/mol. The lowest BCUT2D eigenvalue weighted by Gasteiger charge is -2.59. The highest BCUT2D eigenvalue weighted by Crippen LogP contribution is 2.58. The number of aromatic nitrogens is 3. The van der Waals surface area contributed by atoms with E-state index in [2.05, 4.69) is 15.3 Å². The van der Waals surface area contributed by atoms with Crippen molar-refractivity contribution < 1.29 is 45.8 Å². The molecule has 298 valence electrons. The molecule has 5 aliphatic carbocycles. The largest absolute Gasteiger partial charge is 0.490 e. The third-order valence-electron chi connectivity index (χ3n) is 13.0. The lowest BCUT2D eigenvalue weighted by atomic mass is 9.48. The standard InChI is InChI=1S/C40H47F6N5O4/c1-37(41,42)21-50-11-7-27(8-12-50)55-28-3-4-29-31(20-51(32(29)18-28)26-5-9-39(45,46)10-6-26)34-47-19-30(33(48-34)38(2,43)44)35(52)49-40(36(53)54)24-14-22-13-23(16-24)17-25(40)15-22/h3-4,18-20,22-27H,5-17,21H2,1-2H3,(H,49,52)(H,53,54). The summed E-state index contributed by atoms with van der Waals surface area (Å²) in [7, 11) is 0. The van der Waals surface area contributed by atoms with Crippen LogP contribution in [0.15, 0.2) is 30.6 Å². The number of carboxylic acid groups (broad SMARTS) is 1. The number of hydrogen-bond acceptors (Lipinski definition) is 6. The molecule has 0 unspecified atom stereocenters. The fourth-order valence-electron chi connectivity index (χ4n) is 10.7. The van der Waals surface area contributed by atoms with Gasteiger partial charge in [-0.2, -0.15) is 8.78 Å². The normalized spacial score (nSPS) is 28.8. The molecule has 6 fully saturated rings. The number of nitrogens with zero attached hydrogens (tertiary/aromatic N) is 4. The number of hydrogen-bond donors (Lipinski definition) is 2. The maximum Gasteiger partial charge on any atom is 0.330 e. The number of amides is 1. The summed E-state index contributed by atoms with van der Waals surface area (Å²) in [6.45, 7) is 2.09. The second-order valence-electron chi connectivity index (χ2n) is 17.2. The number of nitrogens with one attached hydrogen (secondary N) is 1. The predicted octanol–water partition coefficient (Wildman–Crippen LogP) is 8.47. The number of carbonyl (C=O) groups excluding carboxylic acids is 1. The highest BCUT2D eigenvalue weighted by molar-refractivity contribution is 6.00. The molecule has 55 heavy (non-hydrogen) atoms. The molecule has 15 heteroatoms. The van der Waals surface area contributed by atoms with E-state index in [9.17, 15) is 32.3 Å². The Kier molecular flexibility index (Phi) is 9.44. The molecule has 0 spiro atoms. The molecule has 1 amide bonds. The van der Waals surface area contributed by atoms with E-state index >= 15 is 8.78 Å². The topological polar surface area (TPSA) is 110 Å². The van der Waals surface area contributed by atoms with Crippen molar-refractivity contribution in [1.82, 2.24) is 24.8 Å². The number of carboxylic acids is 1. The summed E-state index contributed by atoms with van der Waals surface area (Å²) in [4.78, 5) is 37.2. The number of likely N-dealkylation sites (tertiary alicyclic amines) is 1. The number of benzene rings is 1. The fraction of sp³-hybridized carbons (Fsp3) is 0.650. The smallest absolute Gasteiger partial charge is 0.330 e. The number of fused-ring (bicyclic) bond motifs is 1. The number of piperidine rings is 1. The Balaban J connectivity index is 1.11. The Bertz CT molecular complexity index is 1930. The van der Waals surface area contributed by atoms with Gasteiger partial charge in [-0.3, -0.25) is 9.69 Å². The second-order valence-corrected chi connectivity index (χ2v) is 17.2. The fourth-order valence-corrected chi connectivity index (χ4v) is 10.7. The first-order valence-electron chi connectivity index (χ1n) is 19.5. The summed E-state index contributed by atoms with van der Waals surface area (Å²) < 4.78 is 94.7. The van der Waals surface area contributed by atoms with Crippen molar-refractivity contribution in [3.63, 3.8) is 0 Å². The summed E-state index contributed by atoms with van der Waals surface area (Å²) >= 11 is 0. The van der Waals surface area contributed by atoms with Crippen molar-refractivity contribution in [3.05, 3.63) is 41.9 Å². The van der Waals surface area contributed by atoms with Gasteiger partial charge in [-0.25, -0.2) is 32.3 Å². The van der Waals surface area contributed by atoms with Gasteiger partial charge in [0.05, 0.1) is 17.6 Å². The van der Waals surface area contributed by atoms with Gasteiger partial charge in [0.1, 0.15) is 23.1 Å². The van der Waals surface area contributed by atoms with Gasteiger partial charge in [-0.1, -0.05) is 0 Å². The van der Waals surface area contributed by atoms with Crippen LogP contribution in [0.25, 0.3) is 22.3 Å². The van der Waals surface area contributed by atoms with Crippen LogP contribution >= 0.6 is 0 Å². The van der Waals surface area contributed by atoms with Crippen molar-refractivity contribution >= 4 is 22.8 Å². The molecule has 9 nitrogen and oxygen atoms in total. The molecule has 3 heterocycles. The molecule has 2 aromatic heterocycles. The van der Waals surface area contributed by atoms with Crippen LogP contribution in [0.3, 0.4) is 0 Å². The van der Waals surface area contributed by atoms with Gasteiger partial charge in [-0.15, -0.1) is 0 Å². The number of ether oxygens (including phenoxy) is 1. The van der Waals surface area contributed by atoms with E-state index in [0.29, 0.717) is 92.6 Å². The molecular weight excluding hydrogens is 728 g/mol. The van der Waals surface area contributed by atoms with Crippen molar-refractivity contribution in [3.8, 4) is 17.1 Å². The van der Waals surface area contributed by atoms with Crippen LogP contribution in [0.2, 0.25) is 0 Å². The van der Waals surface area contributed by atoms with E-state index in [4.69, 9.17) is 4.74 Å². The molecule has 0 atom stereocenters. The highest BCUT2D eigenvalue weighted by Gasteiger charge is 2.62. The first-order valence-corrected chi connectivity index (χ1v) is 19.5. The SMILES string of the molecule is CC(F)(F)CN1CCC(Oc2ccc3c(-c4ncc(C(=O)NC5(C(=O)O)C6CC7CC(C6)CC5C7)c(C(C)(F)F)n4)cn(C4CCC(F)(F)CC4)c3c2)CC1. The Morgan fingerprint density at radius 1 is 0.964 bits per heavy atom. The number of alkyl halides is 6. The Hall–Kier alpha value is -3.88. The zero-order chi connectivity index (χ0) is 39.1. The van der Waals surface area contributed by atoms with Crippen molar-refractivity contribution in [2.45, 2.75) is 120 Å². The maximum atomic E-state index is 15.4. The van der Waals surface area contributed by atoms with Crippen LogP contribution in [0.1, 0.15) is 107 Å². The zero-order valence-electron chi connectivity index (χ0n) is 31.0. The van der Waals surface area contributed by atoms with Gasteiger partial charge in [0.15, 0.2) is 5.82 Å². The third-order valence-corrected chi connectivity index (χ3v) is 13.0. The molecule has 5 saturated carbocycles. The minimum Gasteiger partial charge on any atom is -0.490 e. The van der Waals surface area contributed by atoms with E-state index < -0.39 is 46.4 Å². The molecule has 0 radical (unpaired) electrons. The van der Waals surface area contributed by atoms with Gasteiger partial charge < -0.3 is 19.7 Å². The molecule has 2 N–H and O–H groups in total. The average molecular weight is 776 g/mol. The molecule has 1 aliphatic heterocycles. The Morgan fingerprint density at radius 2 is 1.60 bits per heavy atom. The van der Waals surface area contributed by atoms with Crippen molar-refractivity contribution in [1.29, 1.82) is 0 Å². The molecule has 9 rings (SSSR count). The third kappa shape index (κ3) is 7.30. The Labute approximate surface area is 315 Å². The highest BCUT2D eigenvalue weighted by atomic mass is 19.3. The van der Waals surface area contributed by atoms with Gasteiger partial charge in [0.2, 0.25) is 5.92 Å². The predicted molar refractivity (Wildman–Crippen MR) is 191 cm³/mol. The lowest BCUT2D eigenvalue weighted by molar-refractivity contribution is -0.163. The minimum atomic E-state index is -3.61. The van der Waals surface area contributed by atoms with Crippen LogP contribution < -0.4 is 10.1 Å². The Morgan fingerprint density at radius 3 is 2.18 bits per heavy atom. The van der Waals surface area contributed by atoms with Gasteiger partial charge in [0.25, 0.3) is 17.8 Å². The summed E-state index contributed by atoms with van der Waals surface area (Å²) in [5.41, 5.74) is -1.95. The maximum absolute atomic E-state index is 15.4. The average Bonchev–Trinajstić information content (AvgIpc) is 3.48. The van der Waals surface area contributed by atoms with Crippen molar-refractivity contribution in [2.75, 3.05) is 19.6 Å². The molecule has 4 bridgehead atoms. The summed E-state index contributed by atoms with van der Waals surface area (Å²) in [5, 5.41) is 13.8. The van der Waals surface area contributed by atoms with Gasteiger partial charge in [0, 0.05) is 75.2 Å². The summed E-state index contributed by atoms with van der Waals surface area (Å²) in [5.74, 6) is -10.7. The van der Waals surface area contributed by atoms with E-state index in [1.807, 2.05) is 4.57 Å². The molecular formula is C40H47F6N5O4. The molecule has 6 aliphatic rings. The molecule has 1 aromatic carbocycles. The lowest BCUT2D eigenvalue weighted by Crippen LogP contribution is -2.70. The minimum absolute atomic E-state index is 0.102. The number of rotatable bonds is 10. The quantitative estimate of drug-likeness (QED) is 0.199. The van der Waals surface area contributed by atoms with E-state index in [0.717, 1.165) is 19.5 Å². The summed E-state index contributed by atoms with van der Waals surface area (Å²) in [6.07, 6.45) is 6.99. The van der Waals surface area contributed by atoms with E-state index in [-0.39, 0.29) is 62.0 Å². The van der Waals surface area contributed by atoms with Gasteiger partial charge in [-0.05, 0) is 93.6 Å². The molecule has 3 aromatic rings. The number of halogens is 6. The van der Waals surface area contributed by atoms with Gasteiger partial charge >= 0.3 is 5.97 Å². The summed E-state index contributed by atoms with van der Waals surface area (Å²) in [6, 6.07) is 4.88. The van der Waals surface area contributed by atoms with E-state index in [1.54, 1.807) is 29.3 Å². The second kappa shape index (κ2) is 13.7. The number of aliphatic carboxylic acids is 1. The zero-order valence-corrected chi connectivity index (χ0v) is 31.0. The van der Waals surface area contributed by atoms with Crippen LogP contribution in [0.4, 0.5) is 26.3 Å². The first-order chi connectivity index (χ1) is 25.9. The number of carbonyl (C=O) groups is 2. The van der Waals surface area contributed by atoms with Crippen LogP contribution in [0.5, 0.6) is 5.75 Å². The van der Waals surface area contributed by atoms with Crippen LogP contribution in [-0.2, 0) is 10.7 Å². The molecule has 1 saturated heterocycles. The van der Waals surface area contributed by atoms with E-state index in [1.165, 1.54) is 0 Å². The van der Waals surface area contributed by atoms with Crippen LogP contribution in [-0.4, -0.2) is 79.5 Å².